The minimum atomic E-state index is 0.454. The largest absolute Gasteiger partial charge is 0.313 e. The van der Waals surface area contributed by atoms with E-state index in [1.165, 1.54) is 0 Å². The molecule has 1 nitrogen and oxygen atoms in total. The first-order chi connectivity index (χ1) is 3.68. The summed E-state index contributed by atoms with van der Waals surface area (Å²) in [6.07, 6.45) is 0. The summed E-state index contributed by atoms with van der Waals surface area (Å²) in [7, 11) is 0. The maximum Gasteiger partial charge on any atom is 0.0152 e. The molecule has 0 spiro atoms. The fourth-order valence-electron chi connectivity index (χ4n) is 0.493. The van der Waals surface area contributed by atoms with Crippen molar-refractivity contribution in [1.29, 1.82) is 0 Å². The van der Waals surface area contributed by atoms with Crippen LogP contribution in [0.25, 0.3) is 0 Å². The Balaban J connectivity index is 3.17. The molecule has 0 radical (unpaired) electrons. The first-order valence-corrected chi connectivity index (χ1v) is 3.61. The van der Waals surface area contributed by atoms with E-state index < -0.39 is 0 Å². The van der Waals surface area contributed by atoms with Gasteiger partial charge in [-0.1, -0.05) is 13.8 Å². The molecule has 50 valence electrons. The van der Waals surface area contributed by atoms with Crippen molar-refractivity contribution in [3.05, 3.63) is 0 Å². The first kappa shape index (κ1) is 8.31. The number of rotatable bonds is 3. The Hall–Kier alpha value is 0.310. The SMILES string of the molecule is CCNC(C)C(C)S. The van der Waals surface area contributed by atoms with Crippen LogP contribution in [0.15, 0.2) is 0 Å². The van der Waals surface area contributed by atoms with Gasteiger partial charge in [0.15, 0.2) is 0 Å². The lowest BCUT2D eigenvalue weighted by Gasteiger charge is -2.14. The smallest absolute Gasteiger partial charge is 0.0152 e. The van der Waals surface area contributed by atoms with E-state index in [4.69, 9.17) is 0 Å². The summed E-state index contributed by atoms with van der Waals surface area (Å²) in [5.74, 6) is 0. The Morgan fingerprint density at radius 2 is 2.00 bits per heavy atom. The highest BCUT2D eigenvalue weighted by Gasteiger charge is 2.03. The maximum atomic E-state index is 4.26. The molecule has 0 aliphatic heterocycles. The normalized spacial score (nSPS) is 18.0. The van der Waals surface area contributed by atoms with Crippen LogP contribution in [0, 0.1) is 0 Å². The van der Waals surface area contributed by atoms with Crippen molar-refractivity contribution in [3.8, 4) is 0 Å². The van der Waals surface area contributed by atoms with Crippen molar-refractivity contribution in [2.45, 2.75) is 32.1 Å². The highest BCUT2D eigenvalue weighted by atomic mass is 32.1. The Bertz CT molecular complexity index is 54.5. The fourth-order valence-corrected chi connectivity index (χ4v) is 0.598. The van der Waals surface area contributed by atoms with Gasteiger partial charge in [0.1, 0.15) is 0 Å². The van der Waals surface area contributed by atoms with Gasteiger partial charge in [-0.15, -0.1) is 0 Å². The highest BCUT2D eigenvalue weighted by molar-refractivity contribution is 7.81. The second kappa shape index (κ2) is 4.21. The van der Waals surface area contributed by atoms with E-state index in [1.54, 1.807) is 0 Å². The summed E-state index contributed by atoms with van der Waals surface area (Å²) < 4.78 is 0. The van der Waals surface area contributed by atoms with Crippen molar-refractivity contribution in [1.82, 2.24) is 5.32 Å². The van der Waals surface area contributed by atoms with E-state index in [0.717, 1.165) is 6.54 Å². The topological polar surface area (TPSA) is 12.0 Å². The van der Waals surface area contributed by atoms with Gasteiger partial charge in [0.25, 0.3) is 0 Å². The minimum Gasteiger partial charge on any atom is -0.313 e. The van der Waals surface area contributed by atoms with Gasteiger partial charge >= 0.3 is 0 Å². The van der Waals surface area contributed by atoms with Gasteiger partial charge in [0.2, 0.25) is 0 Å². The number of nitrogens with one attached hydrogen (secondary N) is 1. The van der Waals surface area contributed by atoms with Crippen LogP contribution >= 0.6 is 12.6 Å². The van der Waals surface area contributed by atoms with Crippen LogP contribution in [0.2, 0.25) is 0 Å². The molecule has 0 fully saturated rings. The number of hydrogen-bond acceptors (Lipinski definition) is 2. The molecule has 0 saturated carbocycles. The van der Waals surface area contributed by atoms with Crippen LogP contribution in [0.5, 0.6) is 0 Å². The van der Waals surface area contributed by atoms with Crippen LogP contribution < -0.4 is 5.32 Å². The minimum absolute atomic E-state index is 0.454. The van der Waals surface area contributed by atoms with Gasteiger partial charge in [-0.2, -0.15) is 12.6 Å². The molecule has 0 heterocycles. The zero-order valence-electron chi connectivity index (χ0n) is 5.81. The third-order valence-corrected chi connectivity index (χ3v) is 1.70. The molecule has 8 heavy (non-hydrogen) atoms. The van der Waals surface area contributed by atoms with Gasteiger partial charge in [-0.25, -0.2) is 0 Å². The van der Waals surface area contributed by atoms with Gasteiger partial charge in [-0.05, 0) is 13.5 Å². The molecule has 0 aromatic heterocycles. The van der Waals surface area contributed by atoms with Crippen molar-refractivity contribution < 1.29 is 0 Å². The molecule has 0 aliphatic rings. The van der Waals surface area contributed by atoms with E-state index in [9.17, 15) is 0 Å². The molecular weight excluding hydrogens is 118 g/mol. The van der Waals surface area contributed by atoms with E-state index in [0.29, 0.717) is 11.3 Å². The van der Waals surface area contributed by atoms with E-state index >= 15 is 0 Å². The van der Waals surface area contributed by atoms with Crippen LogP contribution in [0.3, 0.4) is 0 Å². The number of hydrogen-bond donors (Lipinski definition) is 2. The quantitative estimate of drug-likeness (QED) is 0.553. The Labute approximate surface area is 57.3 Å². The first-order valence-electron chi connectivity index (χ1n) is 3.10. The van der Waals surface area contributed by atoms with Crippen molar-refractivity contribution >= 4 is 12.6 Å². The predicted octanol–water partition coefficient (Wildman–Crippen LogP) is 1.30. The Kier molecular flexibility index (Phi) is 4.38. The Morgan fingerprint density at radius 1 is 1.50 bits per heavy atom. The van der Waals surface area contributed by atoms with E-state index in [1.807, 2.05) is 0 Å². The lowest BCUT2D eigenvalue weighted by atomic mass is 10.2. The van der Waals surface area contributed by atoms with Gasteiger partial charge in [0, 0.05) is 11.3 Å². The van der Waals surface area contributed by atoms with Gasteiger partial charge in [-0.3, -0.25) is 0 Å². The zero-order valence-corrected chi connectivity index (χ0v) is 6.70. The summed E-state index contributed by atoms with van der Waals surface area (Å²) >= 11 is 4.26. The molecule has 0 aromatic rings. The monoisotopic (exact) mass is 133 g/mol. The van der Waals surface area contributed by atoms with Crippen molar-refractivity contribution in [3.63, 3.8) is 0 Å². The molecule has 0 saturated heterocycles. The van der Waals surface area contributed by atoms with Crippen LogP contribution in [-0.4, -0.2) is 17.8 Å². The summed E-state index contributed by atoms with van der Waals surface area (Å²) in [6, 6.07) is 0.531. The van der Waals surface area contributed by atoms with Crippen LogP contribution in [-0.2, 0) is 0 Å². The third-order valence-electron chi connectivity index (χ3n) is 1.25. The average molecular weight is 133 g/mol. The summed E-state index contributed by atoms with van der Waals surface area (Å²) in [5, 5.41) is 3.72. The maximum absolute atomic E-state index is 4.26. The van der Waals surface area contributed by atoms with E-state index in [-0.39, 0.29) is 0 Å². The third kappa shape index (κ3) is 3.33. The lowest BCUT2D eigenvalue weighted by Crippen LogP contribution is -2.32. The molecule has 0 amide bonds. The molecule has 0 bridgehead atoms. The van der Waals surface area contributed by atoms with Gasteiger partial charge in [0.05, 0.1) is 0 Å². The molecule has 2 atom stereocenters. The number of thiol groups is 1. The standard InChI is InChI=1S/C6H15NS/c1-4-7-5(2)6(3)8/h5-8H,4H2,1-3H3. The molecule has 0 rings (SSSR count). The molecule has 0 aromatic carbocycles. The molecule has 0 aliphatic carbocycles. The van der Waals surface area contributed by atoms with Crippen molar-refractivity contribution in [2.24, 2.45) is 0 Å². The second-order valence-corrected chi connectivity index (χ2v) is 2.90. The molecular formula is C6H15NS. The molecule has 2 heteroatoms. The second-order valence-electron chi connectivity index (χ2n) is 2.09. The zero-order chi connectivity index (χ0) is 6.57. The average Bonchev–Trinajstić information content (AvgIpc) is 1.67. The predicted molar refractivity (Wildman–Crippen MR) is 41.6 cm³/mol. The highest BCUT2D eigenvalue weighted by Crippen LogP contribution is 1.97. The molecule has 2 unspecified atom stereocenters. The van der Waals surface area contributed by atoms with E-state index in [2.05, 4.69) is 38.7 Å². The Morgan fingerprint density at radius 3 is 2.12 bits per heavy atom. The fraction of sp³-hybridized carbons (Fsp3) is 1.00. The summed E-state index contributed by atoms with van der Waals surface area (Å²) in [5.41, 5.74) is 0. The summed E-state index contributed by atoms with van der Waals surface area (Å²) in [6.45, 7) is 7.37. The van der Waals surface area contributed by atoms with Crippen LogP contribution in [0.4, 0.5) is 0 Å². The van der Waals surface area contributed by atoms with Gasteiger partial charge < -0.3 is 5.32 Å². The van der Waals surface area contributed by atoms with Crippen molar-refractivity contribution in [2.75, 3.05) is 6.54 Å². The van der Waals surface area contributed by atoms with Crippen LogP contribution in [0.1, 0.15) is 20.8 Å². The summed E-state index contributed by atoms with van der Waals surface area (Å²) in [4.78, 5) is 0. The lowest BCUT2D eigenvalue weighted by molar-refractivity contribution is 0.565. The molecule has 1 N–H and O–H groups in total.